The van der Waals surface area contributed by atoms with Gasteiger partial charge in [0.1, 0.15) is 5.82 Å². The molecule has 1 aromatic carbocycles. The molecule has 0 atom stereocenters. The van der Waals surface area contributed by atoms with Crippen LogP contribution >= 0.6 is 11.8 Å². The molecule has 1 aromatic heterocycles. The monoisotopic (exact) mass is 252 g/mol. The molecule has 0 fully saturated rings. The lowest BCUT2D eigenvalue weighted by Crippen LogP contribution is -1.78. The molecule has 1 heterocycles. The quantitative estimate of drug-likeness (QED) is 0.600. The van der Waals surface area contributed by atoms with Crippen molar-refractivity contribution in [3.8, 4) is 11.5 Å². The number of thioether (sulfide) groups is 1. The Hall–Kier alpha value is -1.36. The zero-order chi connectivity index (χ0) is 12.1. The van der Waals surface area contributed by atoms with Gasteiger partial charge < -0.3 is 4.42 Å². The second-order valence-corrected chi connectivity index (χ2v) is 4.63. The lowest BCUT2D eigenvalue weighted by Gasteiger charge is -1.94. The molecule has 2 rings (SSSR count). The summed E-state index contributed by atoms with van der Waals surface area (Å²) >= 11 is 1.55. The summed E-state index contributed by atoms with van der Waals surface area (Å²) in [5.74, 6) is 1.14. The van der Waals surface area contributed by atoms with Crippen molar-refractivity contribution >= 4 is 11.8 Å². The first-order chi connectivity index (χ1) is 8.29. The van der Waals surface area contributed by atoms with Crippen LogP contribution in [0.1, 0.15) is 19.8 Å². The van der Waals surface area contributed by atoms with Gasteiger partial charge in [-0.15, -0.1) is 10.2 Å². The highest BCUT2D eigenvalue weighted by Crippen LogP contribution is 2.23. The summed E-state index contributed by atoms with van der Waals surface area (Å²) in [6.45, 7) is 2.14. The van der Waals surface area contributed by atoms with E-state index in [1.807, 2.05) is 0 Å². The Morgan fingerprint density at radius 1 is 1.24 bits per heavy atom. The van der Waals surface area contributed by atoms with E-state index < -0.39 is 0 Å². The molecule has 0 aliphatic heterocycles. The topological polar surface area (TPSA) is 38.9 Å². The third-order valence-electron chi connectivity index (χ3n) is 2.22. The highest BCUT2D eigenvalue weighted by molar-refractivity contribution is 7.99. The molecule has 0 saturated carbocycles. The summed E-state index contributed by atoms with van der Waals surface area (Å²) in [5, 5.41) is 8.44. The normalized spacial score (nSPS) is 10.7. The van der Waals surface area contributed by atoms with Crippen LogP contribution in [0.2, 0.25) is 0 Å². The van der Waals surface area contributed by atoms with Crippen molar-refractivity contribution in [2.75, 3.05) is 5.75 Å². The van der Waals surface area contributed by atoms with Crippen LogP contribution in [-0.4, -0.2) is 16.0 Å². The first kappa shape index (κ1) is 12.1. The molecule has 2 aromatic rings. The maximum absolute atomic E-state index is 12.7. The molecular formula is C12H13FN2OS. The molecule has 3 nitrogen and oxygen atoms in total. The molecule has 0 amide bonds. The van der Waals surface area contributed by atoms with Gasteiger partial charge in [0.15, 0.2) is 0 Å². The molecular weight excluding hydrogens is 239 g/mol. The molecule has 0 spiro atoms. The van der Waals surface area contributed by atoms with Crippen LogP contribution < -0.4 is 0 Å². The summed E-state index contributed by atoms with van der Waals surface area (Å²) in [6, 6.07) is 6.01. The average Bonchev–Trinajstić information content (AvgIpc) is 2.79. The van der Waals surface area contributed by atoms with E-state index in [0.717, 1.165) is 24.2 Å². The van der Waals surface area contributed by atoms with Crippen LogP contribution in [0.5, 0.6) is 0 Å². The van der Waals surface area contributed by atoms with Gasteiger partial charge in [-0.3, -0.25) is 0 Å². The fourth-order valence-electron chi connectivity index (χ4n) is 1.28. The zero-order valence-corrected chi connectivity index (χ0v) is 10.3. The Morgan fingerprint density at radius 3 is 2.71 bits per heavy atom. The maximum Gasteiger partial charge on any atom is 0.276 e. The minimum absolute atomic E-state index is 0.272. The summed E-state index contributed by atoms with van der Waals surface area (Å²) < 4.78 is 18.2. The van der Waals surface area contributed by atoms with Crippen molar-refractivity contribution < 1.29 is 8.81 Å². The first-order valence-corrected chi connectivity index (χ1v) is 6.50. The Balaban J connectivity index is 2.04. The Kier molecular flexibility index (Phi) is 4.14. The summed E-state index contributed by atoms with van der Waals surface area (Å²) in [5.41, 5.74) is 0.737. The van der Waals surface area contributed by atoms with Crippen LogP contribution in [0.15, 0.2) is 33.9 Å². The number of nitrogens with zero attached hydrogens (tertiary/aromatic N) is 2. The van der Waals surface area contributed by atoms with E-state index in [1.165, 1.54) is 12.1 Å². The van der Waals surface area contributed by atoms with Gasteiger partial charge in [-0.2, -0.15) is 0 Å². The van der Waals surface area contributed by atoms with Crippen LogP contribution in [0.4, 0.5) is 4.39 Å². The fourth-order valence-corrected chi connectivity index (χ4v) is 2.13. The van der Waals surface area contributed by atoms with E-state index in [0.29, 0.717) is 11.1 Å². The standard InChI is InChI=1S/C12H13FN2OS/c1-2-3-8-17-12-15-14-11(16-12)9-4-6-10(13)7-5-9/h4-7H,2-3,8H2,1H3. The van der Waals surface area contributed by atoms with E-state index in [1.54, 1.807) is 23.9 Å². The van der Waals surface area contributed by atoms with Crippen molar-refractivity contribution in [3.05, 3.63) is 30.1 Å². The van der Waals surface area contributed by atoms with E-state index in [2.05, 4.69) is 17.1 Å². The molecule has 0 radical (unpaired) electrons. The van der Waals surface area contributed by atoms with Gasteiger partial charge in [0, 0.05) is 11.3 Å². The van der Waals surface area contributed by atoms with Crippen molar-refractivity contribution in [1.82, 2.24) is 10.2 Å². The highest BCUT2D eigenvalue weighted by atomic mass is 32.2. The second kappa shape index (κ2) is 5.82. The minimum atomic E-state index is -0.272. The first-order valence-electron chi connectivity index (χ1n) is 5.52. The lowest BCUT2D eigenvalue weighted by atomic mass is 10.2. The van der Waals surface area contributed by atoms with Crippen LogP contribution in [0, 0.1) is 5.82 Å². The van der Waals surface area contributed by atoms with Crippen LogP contribution in [0.25, 0.3) is 11.5 Å². The predicted octanol–water partition coefficient (Wildman–Crippen LogP) is 3.77. The molecule has 5 heteroatoms. The highest BCUT2D eigenvalue weighted by Gasteiger charge is 2.08. The summed E-state index contributed by atoms with van der Waals surface area (Å²) in [4.78, 5) is 0. The molecule has 0 unspecified atom stereocenters. The molecule has 0 bridgehead atoms. The van der Waals surface area contributed by atoms with E-state index in [4.69, 9.17) is 4.42 Å². The predicted molar refractivity (Wildman–Crippen MR) is 65.3 cm³/mol. The number of hydrogen-bond acceptors (Lipinski definition) is 4. The summed E-state index contributed by atoms with van der Waals surface area (Å²) in [6.07, 6.45) is 2.27. The minimum Gasteiger partial charge on any atom is -0.411 e. The number of hydrogen-bond donors (Lipinski definition) is 0. The van der Waals surface area contributed by atoms with Crippen molar-refractivity contribution in [2.45, 2.75) is 25.0 Å². The SMILES string of the molecule is CCCCSc1nnc(-c2ccc(F)cc2)o1. The van der Waals surface area contributed by atoms with Crippen molar-refractivity contribution in [1.29, 1.82) is 0 Å². The van der Waals surface area contributed by atoms with E-state index in [9.17, 15) is 4.39 Å². The number of halogens is 1. The van der Waals surface area contributed by atoms with E-state index in [-0.39, 0.29) is 5.82 Å². The molecule has 17 heavy (non-hydrogen) atoms. The molecule has 0 saturated heterocycles. The number of aromatic nitrogens is 2. The van der Waals surface area contributed by atoms with Gasteiger partial charge in [0.25, 0.3) is 5.22 Å². The maximum atomic E-state index is 12.7. The fraction of sp³-hybridized carbons (Fsp3) is 0.333. The van der Waals surface area contributed by atoms with Gasteiger partial charge in [-0.25, -0.2) is 4.39 Å². The van der Waals surface area contributed by atoms with Crippen LogP contribution in [-0.2, 0) is 0 Å². The van der Waals surface area contributed by atoms with Gasteiger partial charge in [0.2, 0.25) is 5.89 Å². The Bertz CT molecular complexity index is 470. The third-order valence-corrected chi connectivity index (χ3v) is 3.13. The molecule has 0 aliphatic rings. The molecule has 0 aliphatic carbocycles. The van der Waals surface area contributed by atoms with Crippen molar-refractivity contribution in [3.63, 3.8) is 0 Å². The van der Waals surface area contributed by atoms with Crippen molar-refractivity contribution in [2.24, 2.45) is 0 Å². The number of unbranched alkanes of at least 4 members (excludes halogenated alkanes) is 1. The zero-order valence-electron chi connectivity index (χ0n) is 9.52. The van der Waals surface area contributed by atoms with Gasteiger partial charge >= 0.3 is 0 Å². The molecule has 90 valence electrons. The Morgan fingerprint density at radius 2 is 2.00 bits per heavy atom. The second-order valence-electron chi connectivity index (χ2n) is 3.58. The Labute approximate surface area is 103 Å². The smallest absolute Gasteiger partial charge is 0.276 e. The number of rotatable bonds is 5. The largest absolute Gasteiger partial charge is 0.411 e. The lowest BCUT2D eigenvalue weighted by molar-refractivity contribution is 0.465. The summed E-state index contributed by atoms with van der Waals surface area (Å²) in [7, 11) is 0. The van der Waals surface area contributed by atoms with E-state index >= 15 is 0 Å². The van der Waals surface area contributed by atoms with Crippen LogP contribution in [0.3, 0.4) is 0 Å². The van der Waals surface area contributed by atoms with Gasteiger partial charge in [0.05, 0.1) is 0 Å². The third kappa shape index (κ3) is 3.30. The average molecular weight is 252 g/mol. The molecule has 0 N–H and O–H groups in total. The van der Waals surface area contributed by atoms with Gasteiger partial charge in [-0.05, 0) is 30.7 Å². The number of benzene rings is 1. The van der Waals surface area contributed by atoms with Gasteiger partial charge in [-0.1, -0.05) is 25.1 Å².